The molecule has 3 rings (SSSR count). The number of piperidine rings is 1. The van der Waals surface area contributed by atoms with Crippen molar-refractivity contribution in [3.05, 3.63) is 63.0 Å². The van der Waals surface area contributed by atoms with Gasteiger partial charge in [-0.3, -0.25) is 4.79 Å². The van der Waals surface area contributed by atoms with Crippen LogP contribution in [0.25, 0.3) is 0 Å². The maximum absolute atomic E-state index is 12.6. The predicted molar refractivity (Wildman–Crippen MR) is 106 cm³/mol. The highest BCUT2D eigenvalue weighted by molar-refractivity contribution is 7.88. The molecular weight excluding hydrogens is 388 g/mol. The van der Waals surface area contributed by atoms with E-state index in [0.29, 0.717) is 42.3 Å². The number of aryl methyl sites for hydroxylation is 1. The van der Waals surface area contributed by atoms with Gasteiger partial charge in [-0.2, -0.15) is 0 Å². The van der Waals surface area contributed by atoms with Gasteiger partial charge in [-0.05, 0) is 43.5 Å². The van der Waals surface area contributed by atoms with Crippen molar-refractivity contribution in [2.24, 2.45) is 7.05 Å². The van der Waals surface area contributed by atoms with Gasteiger partial charge in [-0.1, -0.05) is 23.7 Å². The minimum atomic E-state index is -3.38. The molecule has 0 radical (unpaired) electrons. The van der Waals surface area contributed by atoms with Crippen LogP contribution >= 0.6 is 11.6 Å². The van der Waals surface area contributed by atoms with Gasteiger partial charge in [0, 0.05) is 36.9 Å². The van der Waals surface area contributed by atoms with Gasteiger partial charge in [0.15, 0.2) is 0 Å². The van der Waals surface area contributed by atoms with Crippen LogP contribution in [0.4, 0.5) is 0 Å². The number of benzene rings is 1. The Bertz CT molecular complexity index is 962. The number of aromatic nitrogens is 1. The molecule has 0 aliphatic carbocycles. The average Bonchev–Trinajstić information content (AvgIpc) is 2.62. The topological polar surface area (TPSA) is 68.6 Å². The molecule has 0 N–H and O–H groups in total. The highest BCUT2D eigenvalue weighted by Gasteiger charge is 2.29. The smallest absolute Gasteiger partial charge is 0.254 e. The summed E-state index contributed by atoms with van der Waals surface area (Å²) in [7, 11) is -1.67. The Kier molecular flexibility index (Phi) is 5.93. The second-order valence-electron chi connectivity index (χ2n) is 6.83. The molecule has 0 spiro atoms. The Morgan fingerprint density at radius 1 is 1.15 bits per heavy atom. The van der Waals surface area contributed by atoms with Crippen LogP contribution < -0.4 is 10.3 Å². The van der Waals surface area contributed by atoms with E-state index in [0.717, 1.165) is 5.69 Å². The van der Waals surface area contributed by atoms with Crippen molar-refractivity contribution >= 4 is 21.6 Å². The minimum absolute atomic E-state index is 0.0381. The van der Waals surface area contributed by atoms with Crippen LogP contribution in [-0.2, 0) is 22.8 Å². The number of rotatable bonds is 5. The molecule has 0 amide bonds. The first kappa shape index (κ1) is 19.9. The van der Waals surface area contributed by atoms with Gasteiger partial charge in [-0.25, -0.2) is 12.7 Å². The molecule has 2 aromatic rings. The molecule has 0 atom stereocenters. The Morgan fingerprint density at radius 2 is 1.78 bits per heavy atom. The zero-order valence-electron chi connectivity index (χ0n) is 15.4. The number of hydrogen-bond acceptors (Lipinski definition) is 4. The van der Waals surface area contributed by atoms with Gasteiger partial charge < -0.3 is 9.30 Å². The lowest BCUT2D eigenvalue weighted by molar-refractivity contribution is 0.134. The zero-order chi connectivity index (χ0) is 19.6. The number of ether oxygens (including phenoxy) is 1. The fraction of sp³-hybridized carbons (Fsp3) is 0.421. The number of sulfonamides is 1. The molecule has 6 nitrogen and oxygen atoms in total. The molecule has 1 saturated heterocycles. The van der Waals surface area contributed by atoms with Crippen LogP contribution in [0.3, 0.4) is 0 Å². The Balaban J connectivity index is 1.59. The van der Waals surface area contributed by atoms with E-state index in [-0.39, 0.29) is 17.4 Å². The lowest BCUT2D eigenvalue weighted by atomic mass is 10.1. The first-order valence-corrected chi connectivity index (χ1v) is 10.8. The van der Waals surface area contributed by atoms with E-state index in [2.05, 4.69) is 0 Å². The molecule has 1 aliphatic heterocycles. The lowest BCUT2D eigenvalue weighted by Gasteiger charge is -2.31. The summed E-state index contributed by atoms with van der Waals surface area (Å²) in [4.78, 5) is 11.9. The number of halogens is 1. The molecule has 2 heterocycles. The molecule has 27 heavy (non-hydrogen) atoms. The van der Waals surface area contributed by atoms with Crippen LogP contribution in [0.1, 0.15) is 24.1 Å². The largest absolute Gasteiger partial charge is 0.490 e. The van der Waals surface area contributed by atoms with Crippen molar-refractivity contribution in [3.8, 4) is 5.75 Å². The predicted octanol–water partition coefficient (Wildman–Crippen LogP) is 2.72. The van der Waals surface area contributed by atoms with Gasteiger partial charge >= 0.3 is 0 Å². The van der Waals surface area contributed by atoms with Gasteiger partial charge in [0.25, 0.3) is 5.56 Å². The Labute approximate surface area is 164 Å². The summed E-state index contributed by atoms with van der Waals surface area (Å²) in [6.07, 6.45) is 1.08. The summed E-state index contributed by atoms with van der Waals surface area (Å²) in [5.41, 5.74) is 1.42. The number of pyridine rings is 1. The zero-order valence-corrected chi connectivity index (χ0v) is 17.0. The van der Waals surface area contributed by atoms with Crippen LogP contribution in [0.5, 0.6) is 5.75 Å². The summed E-state index contributed by atoms with van der Waals surface area (Å²) >= 11 is 5.85. The first-order chi connectivity index (χ1) is 12.7. The molecule has 1 aliphatic rings. The lowest BCUT2D eigenvalue weighted by Crippen LogP contribution is -2.42. The van der Waals surface area contributed by atoms with Crippen molar-refractivity contribution in [3.63, 3.8) is 0 Å². The molecule has 0 saturated carbocycles. The van der Waals surface area contributed by atoms with Crippen LogP contribution in [0.2, 0.25) is 5.02 Å². The van der Waals surface area contributed by atoms with Crippen LogP contribution in [0.15, 0.2) is 41.2 Å². The Hall–Kier alpha value is -1.83. The van der Waals surface area contributed by atoms with Gasteiger partial charge in [0.05, 0.1) is 5.75 Å². The standard InChI is InChI=1S/C19H23ClN2O4S/c1-14-11-18(12-19(23)21(14)2)26-17-7-9-22(10-8-17)27(24,25)13-15-3-5-16(20)6-4-15/h3-6,11-12,17H,7-10,13H2,1-2H3. The third kappa shape index (κ3) is 4.91. The van der Waals surface area contributed by atoms with Crippen molar-refractivity contribution < 1.29 is 13.2 Å². The average molecular weight is 411 g/mol. The number of nitrogens with zero attached hydrogens (tertiary/aromatic N) is 2. The SMILES string of the molecule is Cc1cc(OC2CCN(S(=O)(=O)Cc3ccc(Cl)cc3)CC2)cc(=O)n1C. The van der Waals surface area contributed by atoms with Crippen LogP contribution in [-0.4, -0.2) is 36.5 Å². The van der Waals surface area contributed by atoms with Gasteiger partial charge in [0.2, 0.25) is 10.0 Å². The van der Waals surface area contributed by atoms with E-state index < -0.39 is 10.0 Å². The quantitative estimate of drug-likeness (QED) is 0.760. The van der Waals surface area contributed by atoms with E-state index >= 15 is 0 Å². The molecular formula is C19H23ClN2O4S. The summed E-state index contributed by atoms with van der Waals surface area (Å²) < 4.78 is 34.3. The Morgan fingerprint density at radius 3 is 2.37 bits per heavy atom. The third-order valence-electron chi connectivity index (χ3n) is 4.84. The van der Waals surface area contributed by atoms with Crippen molar-refractivity contribution in [1.29, 1.82) is 0 Å². The van der Waals surface area contributed by atoms with Crippen LogP contribution in [0, 0.1) is 6.92 Å². The minimum Gasteiger partial charge on any atom is -0.490 e. The molecule has 1 aromatic carbocycles. The first-order valence-electron chi connectivity index (χ1n) is 8.81. The summed E-state index contributed by atoms with van der Waals surface area (Å²) in [6, 6.07) is 10.1. The number of hydrogen-bond donors (Lipinski definition) is 0. The highest BCUT2D eigenvalue weighted by atomic mass is 35.5. The normalized spacial score (nSPS) is 16.4. The van der Waals surface area contributed by atoms with Gasteiger partial charge in [-0.15, -0.1) is 0 Å². The summed E-state index contributed by atoms with van der Waals surface area (Å²) in [6.45, 7) is 2.66. The molecule has 1 fully saturated rings. The molecule has 0 bridgehead atoms. The molecule has 1 aromatic heterocycles. The van der Waals surface area contributed by atoms with E-state index in [4.69, 9.17) is 16.3 Å². The fourth-order valence-electron chi connectivity index (χ4n) is 3.11. The van der Waals surface area contributed by atoms with E-state index in [1.54, 1.807) is 35.9 Å². The monoisotopic (exact) mass is 410 g/mol. The van der Waals surface area contributed by atoms with Crippen molar-refractivity contribution in [2.75, 3.05) is 13.1 Å². The van der Waals surface area contributed by atoms with E-state index in [1.807, 2.05) is 13.0 Å². The summed E-state index contributed by atoms with van der Waals surface area (Å²) in [5.74, 6) is 0.502. The van der Waals surface area contributed by atoms with Crippen molar-refractivity contribution in [1.82, 2.24) is 8.87 Å². The maximum Gasteiger partial charge on any atom is 0.254 e. The third-order valence-corrected chi connectivity index (χ3v) is 6.94. The van der Waals surface area contributed by atoms with Crippen molar-refractivity contribution in [2.45, 2.75) is 31.6 Å². The van der Waals surface area contributed by atoms with Gasteiger partial charge in [0.1, 0.15) is 11.9 Å². The second-order valence-corrected chi connectivity index (χ2v) is 9.23. The fourth-order valence-corrected chi connectivity index (χ4v) is 4.80. The molecule has 146 valence electrons. The molecule has 0 unspecified atom stereocenters. The second kappa shape index (κ2) is 8.04. The highest BCUT2D eigenvalue weighted by Crippen LogP contribution is 2.22. The van der Waals surface area contributed by atoms with E-state index in [9.17, 15) is 13.2 Å². The van der Waals surface area contributed by atoms with E-state index in [1.165, 1.54) is 10.4 Å². The molecule has 8 heteroatoms. The maximum atomic E-state index is 12.6. The summed E-state index contributed by atoms with van der Waals surface area (Å²) in [5, 5.41) is 0.583.